The van der Waals surface area contributed by atoms with Crippen molar-refractivity contribution >= 4 is 28.9 Å². The molecule has 0 radical (unpaired) electrons. The van der Waals surface area contributed by atoms with Crippen molar-refractivity contribution in [1.29, 1.82) is 0 Å². The van der Waals surface area contributed by atoms with Gasteiger partial charge in [0, 0.05) is 24.4 Å². The molecule has 12 nitrogen and oxygen atoms in total. The van der Waals surface area contributed by atoms with E-state index in [1.54, 1.807) is 25.4 Å². The van der Waals surface area contributed by atoms with Gasteiger partial charge in [-0.1, -0.05) is 12.1 Å². The molecule has 0 bridgehead atoms. The maximum Gasteiger partial charge on any atom is 0.416 e. The largest absolute Gasteiger partial charge is 0.497 e. The van der Waals surface area contributed by atoms with Crippen LogP contribution in [0.3, 0.4) is 0 Å². The summed E-state index contributed by atoms with van der Waals surface area (Å²) in [5.41, 5.74) is 2.21. The van der Waals surface area contributed by atoms with Gasteiger partial charge in [-0.3, -0.25) is 14.9 Å². The summed E-state index contributed by atoms with van der Waals surface area (Å²) in [7, 11) is 4.41. The summed E-state index contributed by atoms with van der Waals surface area (Å²) in [5, 5.41) is 22.6. The SMILES string of the molecule is COc1ccc(C2=CN3C(=O)c4cc(OC)c(OC)cc4N(C(=O)OCc4ccc([N+](=O)[O-])cc4)[C@@H](O)[C@@H]3C2)cc1. The van der Waals surface area contributed by atoms with E-state index in [2.05, 4.69) is 0 Å². The molecule has 2 amide bonds. The molecule has 0 saturated heterocycles. The van der Waals surface area contributed by atoms with Crippen molar-refractivity contribution in [3.05, 3.63) is 93.7 Å². The summed E-state index contributed by atoms with van der Waals surface area (Å²) in [6.45, 7) is -0.222. The number of nitro benzene ring substituents is 1. The van der Waals surface area contributed by atoms with E-state index in [0.717, 1.165) is 16.0 Å². The number of nitrogens with zero attached hydrogens (tertiary/aromatic N) is 3. The second-order valence-electron chi connectivity index (χ2n) is 9.35. The highest BCUT2D eigenvalue weighted by Crippen LogP contribution is 2.43. The number of aliphatic hydroxyl groups is 1. The minimum atomic E-state index is -1.49. The fraction of sp³-hybridized carbons (Fsp3) is 0.241. The number of anilines is 1. The average Bonchev–Trinajstić information content (AvgIpc) is 3.42. The van der Waals surface area contributed by atoms with Crippen molar-refractivity contribution in [1.82, 2.24) is 4.90 Å². The summed E-state index contributed by atoms with van der Waals surface area (Å²) in [6.07, 6.45) is -0.482. The predicted molar refractivity (Wildman–Crippen MR) is 147 cm³/mol. The van der Waals surface area contributed by atoms with E-state index in [1.165, 1.54) is 55.5 Å². The highest BCUT2D eigenvalue weighted by atomic mass is 16.6. The van der Waals surface area contributed by atoms with Gasteiger partial charge in [0.05, 0.1) is 43.5 Å². The summed E-state index contributed by atoms with van der Waals surface area (Å²) >= 11 is 0. The molecule has 12 heteroatoms. The Morgan fingerprint density at radius 2 is 1.66 bits per heavy atom. The highest BCUT2D eigenvalue weighted by molar-refractivity contribution is 6.07. The first-order chi connectivity index (χ1) is 19.7. The van der Waals surface area contributed by atoms with Gasteiger partial charge in [0.2, 0.25) is 0 Å². The summed E-state index contributed by atoms with van der Waals surface area (Å²) in [4.78, 5) is 40.3. The average molecular weight is 562 g/mol. The van der Waals surface area contributed by atoms with Gasteiger partial charge in [-0.2, -0.15) is 0 Å². The second-order valence-corrected chi connectivity index (χ2v) is 9.35. The Kier molecular flexibility index (Phi) is 7.49. The highest BCUT2D eigenvalue weighted by Gasteiger charge is 2.45. The molecule has 0 saturated carbocycles. The lowest BCUT2D eigenvalue weighted by molar-refractivity contribution is -0.384. The third-order valence-electron chi connectivity index (χ3n) is 7.08. The molecule has 0 aromatic heterocycles. The fourth-order valence-corrected chi connectivity index (χ4v) is 4.92. The number of hydrogen-bond acceptors (Lipinski definition) is 9. The van der Waals surface area contributed by atoms with Crippen LogP contribution in [0, 0.1) is 10.1 Å². The van der Waals surface area contributed by atoms with E-state index in [1.807, 2.05) is 12.1 Å². The lowest BCUT2D eigenvalue weighted by atomic mass is 10.0. The van der Waals surface area contributed by atoms with Crippen LogP contribution in [0.5, 0.6) is 17.2 Å². The lowest BCUT2D eigenvalue weighted by Gasteiger charge is -2.31. The van der Waals surface area contributed by atoms with Crippen molar-refractivity contribution in [2.24, 2.45) is 0 Å². The van der Waals surface area contributed by atoms with E-state index in [-0.39, 0.29) is 41.5 Å². The normalized spacial score (nSPS) is 17.7. The number of non-ortho nitro benzene ring substituents is 1. The third-order valence-corrected chi connectivity index (χ3v) is 7.08. The first-order valence-corrected chi connectivity index (χ1v) is 12.6. The maximum absolute atomic E-state index is 13.9. The number of benzene rings is 3. The number of rotatable bonds is 7. The van der Waals surface area contributed by atoms with Crippen LogP contribution in [0.25, 0.3) is 5.57 Å². The maximum atomic E-state index is 13.9. The Morgan fingerprint density at radius 3 is 2.27 bits per heavy atom. The van der Waals surface area contributed by atoms with Crippen molar-refractivity contribution in [2.45, 2.75) is 25.3 Å². The Bertz CT molecular complexity index is 1520. The van der Waals surface area contributed by atoms with Crippen LogP contribution in [-0.2, 0) is 11.3 Å². The number of nitro groups is 1. The van der Waals surface area contributed by atoms with Gasteiger partial charge < -0.3 is 29.0 Å². The van der Waals surface area contributed by atoms with Crippen LogP contribution in [0.2, 0.25) is 0 Å². The molecule has 2 heterocycles. The molecule has 3 aromatic rings. The smallest absolute Gasteiger partial charge is 0.416 e. The minimum Gasteiger partial charge on any atom is -0.497 e. The van der Waals surface area contributed by atoms with Gasteiger partial charge in [-0.25, -0.2) is 9.69 Å². The number of aliphatic hydroxyl groups excluding tert-OH is 1. The van der Waals surface area contributed by atoms with Gasteiger partial charge in [0.1, 0.15) is 12.4 Å². The van der Waals surface area contributed by atoms with E-state index < -0.39 is 29.2 Å². The van der Waals surface area contributed by atoms with Gasteiger partial charge in [0.25, 0.3) is 11.6 Å². The van der Waals surface area contributed by atoms with Crippen molar-refractivity contribution < 1.29 is 38.6 Å². The zero-order valence-electron chi connectivity index (χ0n) is 22.5. The van der Waals surface area contributed by atoms with Crippen LogP contribution in [-0.4, -0.2) is 60.5 Å². The van der Waals surface area contributed by atoms with Gasteiger partial charge >= 0.3 is 6.09 Å². The molecule has 41 heavy (non-hydrogen) atoms. The Morgan fingerprint density at radius 1 is 1.00 bits per heavy atom. The number of ether oxygens (including phenoxy) is 4. The topological polar surface area (TPSA) is 141 Å². The molecule has 0 aliphatic carbocycles. The molecule has 0 spiro atoms. The molecule has 0 unspecified atom stereocenters. The second kappa shape index (κ2) is 11.2. The van der Waals surface area contributed by atoms with Crippen LogP contribution >= 0.6 is 0 Å². The minimum absolute atomic E-state index is 0.0858. The number of methoxy groups -OCH3 is 3. The molecule has 5 rings (SSSR count). The zero-order valence-corrected chi connectivity index (χ0v) is 22.5. The molecule has 2 aliphatic heterocycles. The predicted octanol–water partition coefficient (Wildman–Crippen LogP) is 4.35. The first-order valence-electron chi connectivity index (χ1n) is 12.6. The van der Waals surface area contributed by atoms with Gasteiger partial charge in [-0.05, 0) is 53.5 Å². The molecule has 212 valence electrons. The van der Waals surface area contributed by atoms with E-state index in [4.69, 9.17) is 18.9 Å². The Hall–Kier alpha value is -5.10. The van der Waals surface area contributed by atoms with E-state index >= 15 is 0 Å². The fourth-order valence-electron chi connectivity index (χ4n) is 4.92. The molecule has 1 N–H and O–H groups in total. The van der Waals surface area contributed by atoms with E-state index in [0.29, 0.717) is 11.3 Å². The monoisotopic (exact) mass is 561 g/mol. The third kappa shape index (κ3) is 5.12. The van der Waals surface area contributed by atoms with Crippen molar-refractivity contribution in [3.8, 4) is 17.2 Å². The van der Waals surface area contributed by atoms with Crippen LogP contribution < -0.4 is 19.1 Å². The van der Waals surface area contributed by atoms with Crippen LogP contribution in [0.4, 0.5) is 16.2 Å². The van der Waals surface area contributed by atoms with Gasteiger partial charge in [0.15, 0.2) is 17.7 Å². The summed E-state index contributed by atoms with van der Waals surface area (Å²) in [6, 6.07) is 14.9. The molecular weight excluding hydrogens is 534 g/mol. The number of carbonyl (C=O) groups is 2. The van der Waals surface area contributed by atoms with Crippen molar-refractivity contribution in [2.75, 3.05) is 26.2 Å². The number of fused-ring (bicyclic) bond motifs is 2. The van der Waals surface area contributed by atoms with Gasteiger partial charge in [-0.15, -0.1) is 0 Å². The molecule has 3 aromatic carbocycles. The van der Waals surface area contributed by atoms with Crippen LogP contribution in [0.15, 0.2) is 66.9 Å². The van der Waals surface area contributed by atoms with Crippen molar-refractivity contribution in [3.63, 3.8) is 0 Å². The van der Waals surface area contributed by atoms with Crippen LogP contribution in [0.1, 0.15) is 27.9 Å². The Labute approximate surface area is 235 Å². The molecule has 0 fully saturated rings. The Balaban J connectivity index is 1.51. The first kappa shape index (κ1) is 27.5. The summed E-state index contributed by atoms with van der Waals surface area (Å²) < 4.78 is 21.6. The number of amides is 2. The quantitative estimate of drug-likeness (QED) is 0.329. The standard InChI is InChI=1S/C29H27N3O9/c1-38-21-10-6-18(7-11-21)19-12-24-28(34)31(29(35)41-16-17-4-8-20(9-5-17)32(36)37)23-14-26(40-3)25(39-2)13-22(23)27(33)30(24)15-19/h4-11,13-15,24,28,34H,12,16H2,1-3H3/t24-,28-/m0/s1. The molecular formula is C29H27N3O9. The molecule has 2 aliphatic rings. The zero-order chi connectivity index (χ0) is 29.3. The number of carbonyl (C=O) groups excluding carboxylic acids is 2. The summed E-state index contributed by atoms with van der Waals surface area (Å²) in [5.74, 6) is 0.746. The number of hydrogen-bond donors (Lipinski definition) is 1. The molecule has 2 atom stereocenters. The lowest BCUT2D eigenvalue weighted by Crippen LogP contribution is -2.50. The van der Waals surface area contributed by atoms with E-state index in [9.17, 15) is 24.8 Å².